The maximum absolute atomic E-state index is 12.8. The molecule has 0 radical (unpaired) electrons. The highest BCUT2D eigenvalue weighted by Crippen LogP contribution is 2.36. The van der Waals surface area contributed by atoms with E-state index in [1.807, 2.05) is 48.5 Å². The molecule has 0 bridgehead atoms. The van der Waals surface area contributed by atoms with E-state index in [0.29, 0.717) is 18.9 Å². The molecule has 0 spiro atoms. The second-order valence-electron chi connectivity index (χ2n) is 7.18. The number of hydrogen-bond donors (Lipinski definition) is 0. The second kappa shape index (κ2) is 8.22. The summed E-state index contributed by atoms with van der Waals surface area (Å²) in [5.74, 6) is 1.40. The molecule has 1 atom stereocenters. The minimum absolute atomic E-state index is 0.138. The molecule has 0 heterocycles. The Morgan fingerprint density at radius 2 is 1.74 bits per heavy atom. The van der Waals surface area contributed by atoms with Crippen molar-refractivity contribution in [3.8, 4) is 0 Å². The van der Waals surface area contributed by atoms with E-state index in [-0.39, 0.29) is 5.78 Å². The molecule has 0 saturated heterocycles. The molecule has 0 amide bonds. The number of ether oxygens (including phenoxy) is 1. The van der Waals surface area contributed by atoms with Gasteiger partial charge in [-0.15, -0.1) is 0 Å². The number of benzene rings is 2. The predicted molar refractivity (Wildman–Crippen MR) is 108 cm³/mol. The van der Waals surface area contributed by atoms with E-state index < -0.39 is 0 Å². The van der Waals surface area contributed by atoms with Crippen LogP contribution < -0.4 is 0 Å². The minimum atomic E-state index is 0.138. The van der Waals surface area contributed by atoms with Crippen molar-refractivity contribution in [3.63, 3.8) is 0 Å². The van der Waals surface area contributed by atoms with E-state index in [2.05, 4.69) is 30.4 Å². The Morgan fingerprint density at radius 3 is 2.52 bits per heavy atom. The van der Waals surface area contributed by atoms with Crippen molar-refractivity contribution >= 4 is 5.78 Å². The van der Waals surface area contributed by atoms with Crippen LogP contribution in [0.1, 0.15) is 41.6 Å². The molecule has 0 aromatic heterocycles. The summed E-state index contributed by atoms with van der Waals surface area (Å²) in [7, 11) is 0. The zero-order valence-corrected chi connectivity index (χ0v) is 15.4. The van der Waals surface area contributed by atoms with Gasteiger partial charge in [0.25, 0.3) is 0 Å². The molecule has 2 heteroatoms. The van der Waals surface area contributed by atoms with Crippen LogP contribution in [-0.4, -0.2) is 5.78 Å². The molecule has 0 N–H and O–H groups in total. The summed E-state index contributed by atoms with van der Waals surface area (Å²) in [6, 6.07) is 19.7. The fourth-order valence-electron chi connectivity index (χ4n) is 3.75. The quantitative estimate of drug-likeness (QED) is 0.591. The molecule has 1 unspecified atom stereocenters. The number of fused-ring (bicyclic) bond motifs is 1. The summed E-state index contributed by atoms with van der Waals surface area (Å²) in [5.41, 5.74) is 4.24. The fraction of sp³-hybridized carbons (Fsp3) is 0.240. The van der Waals surface area contributed by atoms with Crippen LogP contribution in [0.3, 0.4) is 0 Å². The monoisotopic (exact) mass is 356 g/mol. The highest BCUT2D eigenvalue weighted by molar-refractivity contribution is 5.98. The van der Waals surface area contributed by atoms with Crippen LogP contribution in [0.2, 0.25) is 0 Å². The van der Waals surface area contributed by atoms with Crippen molar-refractivity contribution in [1.29, 1.82) is 0 Å². The van der Waals surface area contributed by atoms with Crippen molar-refractivity contribution in [2.45, 2.75) is 32.3 Å². The fourth-order valence-corrected chi connectivity index (χ4v) is 3.75. The number of rotatable bonds is 6. The van der Waals surface area contributed by atoms with E-state index in [1.54, 1.807) is 0 Å². The standard InChI is InChI=1S/C25H24O2/c26-24(20-11-5-2-6-12-20)16-23-15-21-13-7-8-14-22(21)17-25(23)27-18-19-9-3-1-4-10-19/h1-6,9-12,14-15,17,21H,7-8,13,16,18H2. The van der Waals surface area contributed by atoms with Gasteiger partial charge in [-0.1, -0.05) is 72.8 Å². The Labute approximate surface area is 160 Å². The number of hydrogen-bond acceptors (Lipinski definition) is 2. The number of Topliss-reactive ketones (excluding diaryl/α,β-unsaturated/α-hetero) is 1. The number of carbonyl (C=O) groups is 1. The summed E-state index contributed by atoms with van der Waals surface area (Å²) in [6.45, 7) is 0.515. The molecule has 2 aromatic carbocycles. The maximum Gasteiger partial charge on any atom is 0.167 e. The average molecular weight is 356 g/mol. The van der Waals surface area contributed by atoms with Crippen LogP contribution in [0, 0.1) is 5.92 Å². The van der Waals surface area contributed by atoms with Gasteiger partial charge in [0, 0.05) is 17.9 Å². The van der Waals surface area contributed by atoms with Gasteiger partial charge in [-0.25, -0.2) is 0 Å². The molecular weight excluding hydrogens is 332 g/mol. The first-order valence-electron chi connectivity index (χ1n) is 9.67. The van der Waals surface area contributed by atoms with E-state index >= 15 is 0 Å². The number of carbonyl (C=O) groups excluding carboxylic acids is 1. The van der Waals surface area contributed by atoms with E-state index in [9.17, 15) is 4.79 Å². The minimum Gasteiger partial charge on any atom is -0.489 e. The van der Waals surface area contributed by atoms with Crippen LogP contribution in [0.5, 0.6) is 0 Å². The van der Waals surface area contributed by atoms with Crippen LogP contribution in [-0.2, 0) is 11.3 Å². The Kier molecular flexibility index (Phi) is 5.34. The van der Waals surface area contributed by atoms with E-state index in [1.165, 1.54) is 12.0 Å². The summed E-state index contributed by atoms with van der Waals surface area (Å²) in [5, 5.41) is 0. The van der Waals surface area contributed by atoms with Gasteiger partial charge in [-0.3, -0.25) is 4.79 Å². The lowest BCUT2D eigenvalue weighted by molar-refractivity contribution is 0.0988. The van der Waals surface area contributed by atoms with Gasteiger partial charge in [-0.2, -0.15) is 0 Å². The molecule has 2 aliphatic rings. The SMILES string of the molecule is O=C(CC1=CC2CCCC=C2C=C1OCc1ccccc1)c1ccccc1. The Balaban J connectivity index is 1.55. The molecule has 27 heavy (non-hydrogen) atoms. The molecule has 2 nitrogen and oxygen atoms in total. The third-order valence-corrected chi connectivity index (χ3v) is 5.23. The molecule has 4 rings (SSSR count). The first-order valence-corrected chi connectivity index (χ1v) is 9.67. The second-order valence-corrected chi connectivity index (χ2v) is 7.18. The van der Waals surface area contributed by atoms with Crippen LogP contribution in [0.15, 0.2) is 95.8 Å². The third kappa shape index (κ3) is 4.28. The molecule has 2 aromatic rings. The van der Waals surface area contributed by atoms with Crippen molar-refractivity contribution in [2.24, 2.45) is 5.92 Å². The van der Waals surface area contributed by atoms with Crippen molar-refractivity contribution in [1.82, 2.24) is 0 Å². The molecule has 0 aliphatic heterocycles. The van der Waals surface area contributed by atoms with Gasteiger partial charge in [0.05, 0.1) is 0 Å². The van der Waals surface area contributed by atoms with E-state index in [0.717, 1.165) is 35.3 Å². The smallest absolute Gasteiger partial charge is 0.167 e. The van der Waals surface area contributed by atoms with Gasteiger partial charge >= 0.3 is 0 Å². The van der Waals surface area contributed by atoms with Gasteiger partial charge in [0.15, 0.2) is 5.78 Å². The first kappa shape index (κ1) is 17.5. The Hall–Kier alpha value is -2.87. The lowest BCUT2D eigenvalue weighted by Gasteiger charge is -2.27. The van der Waals surface area contributed by atoms with Gasteiger partial charge < -0.3 is 4.74 Å². The molecular formula is C25H24O2. The van der Waals surface area contributed by atoms with Crippen LogP contribution >= 0.6 is 0 Å². The normalized spacial score (nSPS) is 18.7. The zero-order valence-electron chi connectivity index (χ0n) is 15.4. The lowest BCUT2D eigenvalue weighted by atomic mass is 9.81. The average Bonchev–Trinajstić information content (AvgIpc) is 2.73. The van der Waals surface area contributed by atoms with Gasteiger partial charge in [0.2, 0.25) is 0 Å². The van der Waals surface area contributed by atoms with Gasteiger partial charge in [0.1, 0.15) is 12.4 Å². The first-order chi connectivity index (χ1) is 13.3. The van der Waals surface area contributed by atoms with Crippen molar-refractivity contribution < 1.29 is 9.53 Å². The highest BCUT2D eigenvalue weighted by atomic mass is 16.5. The summed E-state index contributed by atoms with van der Waals surface area (Å²) in [4.78, 5) is 12.8. The lowest BCUT2D eigenvalue weighted by Crippen LogP contribution is -2.14. The molecule has 136 valence electrons. The molecule has 0 fully saturated rings. The highest BCUT2D eigenvalue weighted by Gasteiger charge is 2.24. The zero-order chi connectivity index (χ0) is 18.5. The number of ketones is 1. The summed E-state index contributed by atoms with van der Waals surface area (Å²) < 4.78 is 6.17. The summed E-state index contributed by atoms with van der Waals surface area (Å²) in [6.07, 6.45) is 10.6. The predicted octanol–water partition coefficient (Wildman–Crippen LogP) is 6.03. The van der Waals surface area contributed by atoms with Crippen LogP contribution in [0.4, 0.5) is 0 Å². The van der Waals surface area contributed by atoms with Crippen molar-refractivity contribution in [3.05, 3.63) is 107 Å². The maximum atomic E-state index is 12.8. The largest absolute Gasteiger partial charge is 0.489 e. The molecule has 0 saturated carbocycles. The molecule has 2 aliphatic carbocycles. The Morgan fingerprint density at radius 1 is 1.00 bits per heavy atom. The van der Waals surface area contributed by atoms with Crippen LogP contribution in [0.25, 0.3) is 0 Å². The van der Waals surface area contributed by atoms with Crippen molar-refractivity contribution in [2.75, 3.05) is 0 Å². The Bertz CT molecular complexity index is 888. The summed E-state index contributed by atoms with van der Waals surface area (Å²) >= 11 is 0. The topological polar surface area (TPSA) is 26.3 Å². The van der Waals surface area contributed by atoms with Gasteiger partial charge in [-0.05, 0) is 42.0 Å². The third-order valence-electron chi connectivity index (χ3n) is 5.23. The number of allylic oxidation sites excluding steroid dienone is 5. The van der Waals surface area contributed by atoms with E-state index in [4.69, 9.17) is 4.74 Å².